The zero-order chi connectivity index (χ0) is 16.3. The molecule has 0 aliphatic rings. The number of aromatic nitrogens is 2. The number of amides is 1. The van der Waals surface area contributed by atoms with Gasteiger partial charge in [-0.3, -0.25) is 4.79 Å². The van der Waals surface area contributed by atoms with Crippen LogP contribution in [0, 0.1) is 5.82 Å². The van der Waals surface area contributed by atoms with E-state index in [0.717, 1.165) is 6.07 Å². The standard InChI is InChI=1S/C16H18FN3O2/c1-16(2,3)15-18-8-11(9-19-15)20-14(21)10-5-6-13(22-4)12(17)7-10/h5-9H,1-4H3,(H,20,21). The van der Waals surface area contributed by atoms with Crippen LogP contribution in [0.5, 0.6) is 5.75 Å². The lowest BCUT2D eigenvalue weighted by Crippen LogP contribution is -2.17. The summed E-state index contributed by atoms with van der Waals surface area (Å²) in [5.74, 6) is -0.251. The average molecular weight is 303 g/mol. The van der Waals surface area contributed by atoms with Gasteiger partial charge in [-0.25, -0.2) is 14.4 Å². The van der Waals surface area contributed by atoms with Crippen LogP contribution in [-0.4, -0.2) is 23.0 Å². The number of ether oxygens (including phenoxy) is 1. The summed E-state index contributed by atoms with van der Waals surface area (Å²) in [5, 5.41) is 2.63. The Morgan fingerprint density at radius 1 is 1.23 bits per heavy atom. The van der Waals surface area contributed by atoms with Gasteiger partial charge in [-0.2, -0.15) is 0 Å². The zero-order valence-corrected chi connectivity index (χ0v) is 13.0. The van der Waals surface area contributed by atoms with Crippen LogP contribution in [0.3, 0.4) is 0 Å². The van der Waals surface area contributed by atoms with Crippen LogP contribution in [0.15, 0.2) is 30.6 Å². The molecule has 1 aromatic carbocycles. The molecular formula is C16H18FN3O2. The molecule has 0 bridgehead atoms. The number of anilines is 1. The lowest BCUT2D eigenvalue weighted by molar-refractivity contribution is 0.102. The Morgan fingerprint density at radius 3 is 2.36 bits per heavy atom. The number of benzene rings is 1. The van der Waals surface area contributed by atoms with E-state index in [-0.39, 0.29) is 16.7 Å². The van der Waals surface area contributed by atoms with E-state index in [4.69, 9.17) is 4.74 Å². The van der Waals surface area contributed by atoms with Gasteiger partial charge in [-0.05, 0) is 18.2 Å². The van der Waals surface area contributed by atoms with E-state index in [1.54, 1.807) is 0 Å². The molecule has 116 valence electrons. The molecule has 0 atom stereocenters. The fraction of sp³-hybridized carbons (Fsp3) is 0.312. The first kappa shape index (κ1) is 15.9. The fourth-order valence-corrected chi connectivity index (χ4v) is 1.79. The first-order valence-corrected chi connectivity index (χ1v) is 6.78. The predicted octanol–water partition coefficient (Wildman–Crippen LogP) is 3.17. The van der Waals surface area contributed by atoms with Crippen molar-refractivity contribution in [3.05, 3.63) is 47.8 Å². The van der Waals surface area contributed by atoms with Crippen LogP contribution in [-0.2, 0) is 5.41 Å². The summed E-state index contributed by atoms with van der Waals surface area (Å²) < 4.78 is 18.4. The highest BCUT2D eigenvalue weighted by Crippen LogP contribution is 2.20. The number of rotatable bonds is 3. The maximum atomic E-state index is 13.6. The molecule has 22 heavy (non-hydrogen) atoms. The van der Waals surface area contributed by atoms with Gasteiger partial charge in [0.1, 0.15) is 5.82 Å². The van der Waals surface area contributed by atoms with Crippen LogP contribution in [0.4, 0.5) is 10.1 Å². The highest BCUT2D eigenvalue weighted by atomic mass is 19.1. The quantitative estimate of drug-likeness (QED) is 0.946. The third-order valence-electron chi connectivity index (χ3n) is 2.99. The van der Waals surface area contributed by atoms with E-state index in [0.29, 0.717) is 11.5 Å². The fourth-order valence-electron chi connectivity index (χ4n) is 1.79. The van der Waals surface area contributed by atoms with Crippen LogP contribution in [0.25, 0.3) is 0 Å². The lowest BCUT2D eigenvalue weighted by Gasteiger charge is -2.16. The van der Waals surface area contributed by atoms with E-state index in [1.165, 1.54) is 31.6 Å². The van der Waals surface area contributed by atoms with Gasteiger partial charge in [0.25, 0.3) is 5.91 Å². The van der Waals surface area contributed by atoms with E-state index >= 15 is 0 Å². The van der Waals surface area contributed by atoms with Crippen molar-refractivity contribution in [2.75, 3.05) is 12.4 Å². The highest BCUT2D eigenvalue weighted by Gasteiger charge is 2.17. The molecule has 2 aromatic rings. The summed E-state index contributed by atoms with van der Waals surface area (Å²) in [6, 6.07) is 4.02. The molecule has 0 unspecified atom stereocenters. The molecule has 2 rings (SSSR count). The minimum Gasteiger partial charge on any atom is -0.494 e. The van der Waals surface area contributed by atoms with E-state index in [1.807, 2.05) is 20.8 Å². The Kier molecular flexibility index (Phi) is 4.40. The molecule has 0 saturated carbocycles. The van der Waals surface area contributed by atoms with E-state index in [2.05, 4.69) is 15.3 Å². The summed E-state index contributed by atoms with van der Waals surface area (Å²) in [5.41, 5.74) is 0.481. The molecule has 5 nitrogen and oxygen atoms in total. The maximum absolute atomic E-state index is 13.6. The highest BCUT2D eigenvalue weighted by molar-refractivity contribution is 6.04. The Balaban J connectivity index is 2.13. The number of hydrogen-bond acceptors (Lipinski definition) is 4. The lowest BCUT2D eigenvalue weighted by atomic mass is 9.96. The van der Waals surface area contributed by atoms with Crippen molar-refractivity contribution < 1.29 is 13.9 Å². The molecule has 1 heterocycles. The number of nitrogens with one attached hydrogen (secondary N) is 1. The van der Waals surface area contributed by atoms with Crippen LogP contribution in [0.2, 0.25) is 0 Å². The smallest absolute Gasteiger partial charge is 0.255 e. The molecule has 0 aliphatic carbocycles. The first-order chi connectivity index (χ1) is 10.3. The maximum Gasteiger partial charge on any atom is 0.255 e. The minimum absolute atomic E-state index is 0.0920. The Morgan fingerprint density at radius 2 is 1.86 bits per heavy atom. The van der Waals surface area contributed by atoms with E-state index in [9.17, 15) is 9.18 Å². The number of carbonyl (C=O) groups is 1. The molecule has 0 aliphatic heterocycles. The van der Waals surface area contributed by atoms with Gasteiger partial charge in [-0.15, -0.1) is 0 Å². The van der Waals surface area contributed by atoms with Crippen molar-refractivity contribution in [2.24, 2.45) is 0 Å². The number of hydrogen-bond donors (Lipinski definition) is 1. The summed E-state index contributed by atoms with van der Waals surface area (Å²) in [4.78, 5) is 20.5. The van der Waals surface area contributed by atoms with Gasteiger partial charge in [-0.1, -0.05) is 20.8 Å². The van der Waals surface area contributed by atoms with Gasteiger partial charge in [0.2, 0.25) is 0 Å². The number of halogens is 1. The SMILES string of the molecule is COc1ccc(C(=O)Nc2cnc(C(C)(C)C)nc2)cc1F. The third-order valence-corrected chi connectivity index (χ3v) is 2.99. The number of methoxy groups -OCH3 is 1. The topological polar surface area (TPSA) is 64.1 Å². The van der Waals surface area contributed by atoms with Crippen LogP contribution >= 0.6 is 0 Å². The minimum atomic E-state index is -0.588. The monoisotopic (exact) mass is 303 g/mol. The van der Waals surface area contributed by atoms with Gasteiger partial charge in [0, 0.05) is 11.0 Å². The van der Waals surface area contributed by atoms with Gasteiger partial charge < -0.3 is 10.1 Å². The molecule has 1 N–H and O–H groups in total. The normalized spacial score (nSPS) is 11.1. The van der Waals surface area contributed by atoms with Crippen molar-refractivity contribution in [1.29, 1.82) is 0 Å². The van der Waals surface area contributed by atoms with Gasteiger partial charge in [0.05, 0.1) is 25.2 Å². The molecule has 1 amide bonds. The third kappa shape index (κ3) is 3.58. The summed E-state index contributed by atoms with van der Waals surface area (Å²) in [6.07, 6.45) is 3.07. The Labute approximate surface area is 128 Å². The van der Waals surface area contributed by atoms with Crippen molar-refractivity contribution >= 4 is 11.6 Å². The van der Waals surface area contributed by atoms with Crippen molar-refractivity contribution in [3.8, 4) is 5.75 Å². The van der Waals surface area contributed by atoms with Crippen molar-refractivity contribution in [1.82, 2.24) is 9.97 Å². The summed E-state index contributed by atoms with van der Waals surface area (Å²) in [7, 11) is 1.37. The van der Waals surface area contributed by atoms with Gasteiger partial charge in [0.15, 0.2) is 11.6 Å². The second kappa shape index (κ2) is 6.09. The molecule has 0 saturated heterocycles. The average Bonchev–Trinajstić information content (AvgIpc) is 2.46. The Bertz CT molecular complexity index is 679. The van der Waals surface area contributed by atoms with Crippen LogP contribution in [0.1, 0.15) is 37.0 Å². The zero-order valence-electron chi connectivity index (χ0n) is 13.0. The molecule has 1 aromatic heterocycles. The summed E-state index contributed by atoms with van der Waals surface area (Å²) in [6.45, 7) is 6.00. The second-order valence-corrected chi connectivity index (χ2v) is 5.85. The second-order valence-electron chi connectivity index (χ2n) is 5.85. The van der Waals surface area contributed by atoms with Crippen molar-refractivity contribution in [3.63, 3.8) is 0 Å². The van der Waals surface area contributed by atoms with Crippen molar-refractivity contribution in [2.45, 2.75) is 26.2 Å². The Hall–Kier alpha value is -2.50. The van der Waals surface area contributed by atoms with Crippen LogP contribution < -0.4 is 10.1 Å². The molecule has 0 radical (unpaired) electrons. The number of carbonyl (C=O) groups excluding carboxylic acids is 1. The largest absolute Gasteiger partial charge is 0.494 e. The molecular weight excluding hydrogens is 285 g/mol. The molecule has 0 spiro atoms. The number of nitrogens with zero attached hydrogens (tertiary/aromatic N) is 2. The molecule has 6 heteroatoms. The first-order valence-electron chi connectivity index (χ1n) is 6.78. The van der Waals surface area contributed by atoms with E-state index < -0.39 is 11.7 Å². The predicted molar refractivity (Wildman–Crippen MR) is 81.6 cm³/mol. The summed E-state index contributed by atoms with van der Waals surface area (Å²) >= 11 is 0. The van der Waals surface area contributed by atoms with Gasteiger partial charge >= 0.3 is 0 Å². The molecule has 0 fully saturated rings.